The Morgan fingerprint density at radius 2 is 2.14 bits per heavy atom. The highest BCUT2D eigenvalue weighted by atomic mass is 16.5. The summed E-state index contributed by atoms with van der Waals surface area (Å²) < 4.78 is 11.2. The number of nitrogens with one attached hydrogen (secondary N) is 1. The summed E-state index contributed by atoms with van der Waals surface area (Å²) in [7, 11) is 0. The van der Waals surface area contributed by atoms with E-state index in [1.807, 2.05) is 18.3 Å². The predicted molar refractivity (Wildman–Crippen MR) is 84.3 cm³/mol. The van der Waals surface area contributed by atoms with E-state index in [0.717, 1.165) is 51.7 Å². The van der Waals surface area contributed by atoms with Crippen LogP contribution in [0.1, 0.15) is 5.56 Å². The lowest BCUT2D eigenvalue weighted by Gasteiger charge is -2.26. The molecule has 1 saturated heterocycles. The average molecular weight is 286 g/mol. The number of morpholine rings is 1. The average Bonchev–Trinajstić information content (AvgIpc) is 2.57. The third kappa shape index (κ3) is 4.09. The van der Waals surface area contributed by atoms with Crippen molar-refractivity contribution in [3.63, 3.8) is 0 Å². The van der Waals surface area contributed by atoms with Crippen molar-refractivity contribution in [3.05, 3.63) is 48.2 Å². The van der Waals surface area contributed by atoms with Gasteiger partial charge in [0.15, 0.2) is 0 Å². The van der Waals surface area contributed by atoms with Gasteiger partial charge in [0.25, 0.3) is 0 Å². The Kier molecular flexibility index (Phi) is 4.92. The van der Waals surface area contributed by atoms with Gasteiger partial charge < -0.3 is 14.8 Å². The zero-order valence-corrected chi connectivity index (χ0v) is 12.3. The fourth-order valence-corrected chi connectivity index (χ4v) is 2.53. The van der Waals surface area contributed by atoms with Gasteiger partial charge >= 0.3 is 0 Å². The fraction of sp³-hybridized carbons (Fsp3) is 0.412. The predicted octanol–water partition coefficient (Wildman–Crippen LogP) is 1.90. The molecule has 0 saturated carbocycles. The molecule has 0 unspecified atom stereocenters. The van der Waals surface area contributed by atoms with E-state index in [9.17, 15) is 0 Å². The molecule has 0 bridgehead atoms. The van der Waals surface area contributed by atoms with Crippen molar-refractivity contribution in [2.24, 2.45) is 0 Å². The summed E-state index contributed by atoms with van der Waals surface area (Å²) in [6, 6.07) is 8.27. The summed E-state index contributed by atoms with van der Waals surface area (Å²) >= 11 is 0. The molecule has 1 aromatic carbocycles. The molecule has 2 aliphatic rings. The van der Waals surface area contributed by atoms with Gasteiger partial charge in [-0.1, -0.05) is 24.3 Å². The van der Waals surface area contributed by atoms with Gasteiger partial charge in [-0.2, -0.15) is 0 Å². The second-order valence-electron chi connectivity index (χ2n) is 5.24. The van der Waals surface area contributed by atoms with Crippen LogP contribution in [0.3, 0.4) is 0 Å². The molecule has 112 valence electrons. The molecule has 4 heteroatoms. The minimum atomic E-state index is 0.719. The van der Waals surface area contributed by atoms with Gasteiger partial charge in [0.05, 0.1) is 13.2 Å². The van der Waals surface area contributed by atoms with Crippen molar-refractivity contribution < 1.29 is 9.47 Å². The first-order valence-electron chi connectivity index (χ1n) is 7.55. The Morgan fingerprint density at radius 3 is 2.95 bits per heavy atom. The van der Waals surface area contributed by atoms with Crippen LogP contribution in [0.4, 0.5) is 0 Å². The van der Waals surface area contributed by atoms with Gasteiger partial charge in [0.1, 0.15) is 12.4 Å². The van der Waals surface area contributed by atoms with E-state index in [1.54, 1.807) is 0 Å². The highest BCUT2D eigenvalue weighted by Crippen LogP contribution is 2.21. The molecule has 0 spiro atoms. The van der Waals surface area contributed by atoms with Crippen LogP contribution in [0.2, 0.25) is 0 Å². The normalized spacial score (nSPS) is 19.0. The maximum atomic E-state index is 5.89. The quantitative estimate of drug-likeness (QED) is 0.896. The first-order chi connectivity index (χ1) is 10.4. The topological polar surface area (TPSA) is 33.7 Å². The summed E-state index contributed by atoms with van der Waals surface area (Å²) in [6.07, 6.45) is 6.32. The van der Waals surface area contributed by atoms with E-state index in [0.29, 0.717) is 0 Å². The van der Waals surface area contributed by atoms with E-state index < -0.39 is 0 Å². The Hall–Kier alpha value is -1.78. The molecule has 1 fully saturated rings. The van der Waals surface area contributed by atoms with Gasteiger partial charge in [-0.15, -0.1) is 0 Å². The number of hydrogen-bond acceptors (Lipinski definition) is 4. The van der Waals surface area contributed by atoms with E-state index in [4.69, 9.17) is 9.47 Å². The summed E-state index contributed by atoms with van der Waals surface area (Å²) in [4.78, 5) is 2.38. The fourth-order valence-electron chi connectivity index (χ4n) is 2.53. The molecule has 4 nitrogen and oxygen atoms in total. The number of dihydropyridines is 1. The van der Waals surface area contributed by atoms with Crippen LogP contribution in [-0.4, -0.2) is 50.9 Å². The minimum Gasteiger partial charge on any atom is -0.492 e. The highest BCUT2D eigenvalue weighted by molar-refractivity contribution is 5.75. The lowest BCUT2D eigenvalue weighted by molar-refractivity contribution is 0.0322. The van der Waals surface area contributed by atoms with Gasteiger partial charge in [-0.05, 0) is 23.3 Å². The van der Waals surface area contributed by atoms with Gasteiger partial charge in [-0.25, -0.2) is 0 Å². The molecule has 0 atom stereocenters. The first kappa shape index (κ1) is 14.2. The second-order valence-corrected chi connectivity index (χ2v) is 5.24. The van der Waals surface area contributed by atoms with Crippen molar-refractivity contribution in [1.82, 2.24) is 10.2 Å². The molecule has 0 amide bonds. The number of rotatable bonds is 5. The van der Waals surface area contributed by atoms with Crippen LogP contribution in [0.5, 0.6) is 5.75 Å². The number of allylic oxidation sites excluding steroid dienone is 2. The summed E-state index contributed by atoms with van der Waals surface area (Å²) in [5.41, 5.74) is 2.38. The van der Waals surface area contributed by atoms with Crippen molar-refractivity contribution in [3.8, 4) is 5.75 Å². The monoisotopic (exact) mass is 286 g/mol. The van der Waals surface area contributed by atoms with Crippen LogP contribution >= 0.6 is 0 Å². The minimum absolute atomic E-state index is 0.719. The number of nitrogens with zero attached hydrogens (tertiary/aromatic N) is 1. The van der Waals surface area contributed by atoms with Crippen molar-refractivity contribution >= 4 is 5.57 Å². The van der Waals surface area contributed by atoms with Crippen LogP contribution in [-0.2, 0) is 4.74 Å². The summed E-state index contributed by atoms with van der Waals surface area (Å²) in [5, 5.41) is 3.23. The SMILES string of the molecule is C1=CC(c2cccc(OCCN3CCOCC3)c2)=CNC1. The molecule has 2 heterocycles. The summed E-state index contributed by atoms with van der Waals surface area (Å²) in [5.74, 6) is 0.931. The zero-order valence-electron chi connectivity index (χ0n) is 12.3. The third-order valence-corrected chi connectivity index (χ3v) is 3.74. The Bertz CT molecular complexity index is 519. The van der Waals surface area contributed by atoms with Gasteiger partial charge in [0.2, 0.25) is 0 Å². The molecular weight excluding hydrogens is 264 g/mol. The van der Waals surface area contributed by atoms with Crippen LogP contribution in [0, 0.1) is 0 Å². The number of hydrogen-bond donors (Lipinski definition) is 1. The van der Waals surface area contributed by atoms with E-state index >= 15 is 0 Å². The molecule has 1 aromatic rings. The molecule has 3 rings (SSSR count). The Balaban J connectivity index is 1.53. The third-order valence-electron chi connectivity index (χ3n) is 3.74. The van der Waals surface area contributed by atoms with E-state index in [1.165, 1.54) is 11.1 Å². The van der Waals surface area contributed by atoms with E-state index in [2.05, 4.69) is 34.5 Å². The van der Waals surface area contributed by atoms with Crippen molar-refractivity contribution in [1.29, 1.82) is 0 Å². The molecule has 0 aliphatic carbocycles. The van der Waals surface area contributed by atoms with E-state index in [-0.39, 0.29) is 0 Å². The van der Waals surface area contributed by atoms with Gasteiger partial charge in [0, 0.05) is 32.4 Å². The van der Waals surface area contributed by atoms with Crippen molar-refractivity contribution in [2.75, 3.05) is 46.0 Å². The number of ether oxygens (including phenoxy) is 2. The maximum absolute atomic E-state index is 5.89. The standard InChI is InChI=1S/C17H22N2O2/c1-3-15(16-4-2-6-18-14-16)13-17(5-1)21-12-9-19-7-10-20-11-8-19/h1-5,13-14,18H,6-12H2. The molecule has 2 aliphatic heterocycles. The molecule has 1 N–H and O–H groups in total. The maximum Gasteiger partial charge on any atom is 0.119 e. The highest BCUT2D eigenvalue weighted by Gasteiger charge is 2.10. The number of benzene rings is 1. The second kappa shape index (κ2) is 7.29. The Morgan fingerprint density at radius 1 is 1.24 bits per heavy atom. The molecule has 0 aromatic heterocycles. The molecule has 0 radical (unpaired) electrons. The first-order valence-corrected chi connectivity index (χ1v) is 7.55. The zero-order chi connectivity index (χ0) is 14.3. The molecule has 21 heavy (non-hydrogen) atoms. The van der Waals surface area contributed by atoms with Crippen LogP contribution < -0.4 is 10.1 Å². The smallest absolute Gasteiger partial charge is 0.119 e. The van der Waals surface area contributed by atoms with Crippen LogP contribution in [0.15, 0.2) is 42.6 Å². The Labute approximate surface area is 126 Å². The lowest BCUT2D eigenvalue weighted by Crippen LogP contribution is -2.38. The molecular formula is C17H22N2O2. The van der Waals surface area contributed by atoms with Gasteiger partial charge in [-0.3, -0.25) is 4.90 Å². The summed E-state index contributed by atoms with van der Waals surface area (Å²) in [6.45, 7) is 6.26. The van der Waals surface area contributed by atoms with Crippen LogP contribution in [0.25, 0.3) is 5.57 Å². The largest absolute Gasteiger partial charge is 0.492 e. The van der Waals surface area contributed by atoms with Crippen molar-refractivity contribution in [2.45, 2.75) is 0 Å². The lowest BCUT2D eigenvalue weighted by atomic mass is 10.1.